The first-order chi connectivity index (χ1) is 15.2. The van der Waals surface area contributed by atoms with E-state index in [0.717, 1.165) is 54.6 Å². The van der Waals surface area contributed by atoms with Crippen LogP contribution in [-0.4, -0.2) is 24.0 Å². The molecule has 1 aliphatic carbocycles. The Bertz CT molecular complexity index is 1040. The maximum Gasteiger partial charge on any atom is 0.227 e. The van der Waals surface area contributed by atoms with Gasteiger partial charge in [0.15, 0.2) is 0 Å². The molecule has 1 heterocycles. The molecule has 160 valence electrons. The Hall–Kier alpha value is -2.98. The summed E-state index contributed by atoms with van der Waals surface area (Å²) >= 11 is 0. The molecule has 1 aliphatic rings. The number of carbonyl (C=O) groups excluding carboxylic acids is 1. The largest absolute Gasteiger partial charge is 0.324 e. The fourth-order valence-corrected chi connectivity index (χ4v) is 4.42. The number of pyridine rings is 1. The Kier molecular flexibility index (Phi) is 7.11. The number of aryl methyl sites for hydroxylation is 1. The summed E-state index contributed by atoms with van der Waals surface area (Å²) in [4.78, 5) is 17.6. The van der Waals surface area contributed by atoms with Gasteiger partial charge in [-0.2, -0.15) is 0 Å². The van der Waals surface area contributed by atoms with Crippen molar-refractivity contribution in [2.75, 3.05) is 18.4 Å². The third-order valence-corrected chi connectivity index (χ3v) is 6.08. The number of rotatable bonds is 7. The van der Waals surface area contributed by atoms with Crippen LogP contribution in [0, 0.1) is 18.8 Å². The Morgan fingerprint density at radius 3 is 2.81 bits per heavy atom. The Morgan fingerprint density at radius 1 is 1.06 bits per heavy atom. The van der Waals surface area contributed by atoms with E-state index in [0.29, 0.717) is 5.92 Å². The fourth-order valence-electron chi connectivity index (χ4n) is 4.42. The number of nitrogens with zero attached hydrogens (tertiary/aromatic N) is 1. The molecule has 0 saturated heterocycles. The Morgan fingerprint density at radius 2 is 1.94 bits per heavy atom. The lowest BCUT2D eigenvalue weighted by Gasteiger charge is -2.28. The van der Waals surface area contributed by atoms with E-state index in [4.69, 9.17) is 0 Å². The van der Waals surface area contributed by atoms with Crippen molar-refractivity contribution < 1.29 is 4.79 Å². The molecule has 1 saturated carbocycles. The molecule has 3 aromatic rings. The standard InChI is InChI=1S/C27H31N3O/c1-20-15-16-23-12-6-14-25(26(23)29-20)30-27(31)24-13-5-10-22(18-24)19-28-17-7-11-21-8-3-2-4-9-21/h2-4,6-9,11-12,14-16,22,24,28H,5,10,13,17-19H2,1H3,(H,30,31)/b11-7+. The van der Waals surface area contributed by atoms with E-state index in [1.165, 1.54) is 12.0 Å². The molecule has 0 spiro atoms. The molecule has 1 amide bonds. The number of benzene rings is 2. The third kappa shape index (κ3) is 5.80. The molecule has 0 radical (unpaired) electrons. The van der Waals surface area contributed by atoms with Crippen molar-refractivity contribution in [3.63, 3.8) is 0 Å². The monoisotopic (exact) mass is 413 g/mol. The average Bonchev–Trinajstić information content (AvgIpc) is 2.80. The number of hydrogen-bond donors (Lipinski definition) is 2. The van der Waals surface area contributed by atoms with Crippen LogP contribution in [0.4, 0.5) is 5.69 Å². The number of anilines is 1. The van der Waals surface area contributed by atoms with Gasteiger partial charge in [0.2, 0.25) is 5.91 Å². The van der Waals surface area contributed by atoms with Gasteiger partial charge >= 0.3 is 0 Å². The topological polar surface area (TPSA) is 54.0 Å². The number of nitrogens with one attached hydrogen (secondary N) is 2. The molecular weight excluding hydrogens is 382 g/mol. The van der Waals surface area contributed by atoms with Crippen molar-refractivity contribution in [3.05, 3.63) is 78.0 Å². The zero-order valence-electron chi connectivity index (χ0n) is 18.2. The minimum absolute atomic E-state index is 0.0699. The Balaban J connectivity index is 1.29. The highest BCUT2D eigenvalue weighted by atomic mass is 16.1. The molecule has 4 heteroatoms. The third-order valence-electron chi connectivity index (χ3n) is 6.08. The van der Waals surface area contributed by atoms with E-state index >= 15 is 0 Å². The van der Waals surface area contributed by atoms with E-state index in [9.17, 15) is 4.79 Å². The second kappa shape index (κ2) is 10.4. The van der Waals surface area contributed by atoms with Crippen molar-refractivity contribution in [3.8, 4) is 0 Å². The maximum atomic E-state index is 13.0. The van der Waals surface area contributed by atoms with Crippen LogP contribution >= 0.6 is 0 Å². The van der Waals surface area contributed by atoms with Gasteiger partial charge in [0.05, 0.1) is 11.2 Å². The molecule has 4 nitrogen and oxygen atoms in total. The van der Waals surface area contributed by atoms with Crippen molar-refractivity contribution in [2.24, 2.45) is 11.8 Å². The maximum absolute atomic E-state index is 13.0. The van der Waals surface area contributed by atoms with E-state index in [1.54, 1.807) is 0 Å². The number of amides is 1. The van der Waals surface area contributed by atoms with Crippen LogP contribution in [0.5, 0.6) is 0 Å². The molecule has 1 aromatic heterocycles. The molecule has 0 bridgehead atoms. The molecule has 0 aliphatic heterocycles. The molecule has 2 atom stereocenters. The lowest BCUT2D eigenvalue weighted by atomic mass is 9.81. The van der Waals surface area contributed by atoms with Crippen LogP contribution in [0.2, 0.25) is 0 Å². The van der Waals surface area contributed by atoms with E-state index in [1.807, 2.05) is 37.3 Å². The quantitative estimate of drug-likeness (QED) is 0.496. The van der Waals surface area contributed by atoms with Crippen molar-refractivity contribution in [1.29, 1.82) is 0 Å². The summed E-state index contributed by atoms with van der Waals surface area (Å²) in [5, 5.41) is 7.75. The van der Waals surface area contributed by atoms with Gasteiger partial charge in [-0.25, -0.2) is 0 Å². The zero-order valence-corrected chi connectivity index (χ0v) is 18.2. The molecule has 4 rings (SSSR count). The lowest BCUT2D eigenvalue weighted by Crippen LogP contribution is -2.32. The normalized spacial score (nSPS) is 19.0. The minimum atomic E-state index is 0.0699. The van der Waals surface area contributed by atoms with Crippen molar-refractivity contribution in [1.82, 2.24) is 10.3 Å². The summed E-state index contributed by atoms with van der Waals surface area (Å²) in [7, 11) is 0. The highest BCUT2D eigenvalue weighted by Gasteiger charge is 2.27. The van der Waals surface area contributed by atoms with Gasteiger partial charge in [-0.1, -0.05) is 67.1 Å². The van der Waals surface area contributed by atoms with Gasteiger partial charge < -0.3 is 10.6 Å². The molecule has 2 aromatic carbocycles. The van der Waals surface area contributed by atoms with E-state index in [-0.39, 0.29) is 11.8 Å². The predicted octanol–water partition coefficient (Wildman–Crippen LogP) is 5.59. The summed E-state index contributed by atoms with van der Waals surface area (Å²) in [6.45, 7) is 3.78. The number of aromatic nitrogens is 1. The molecule has 2 unspecified atom stereocenters. The predicted molar refractivity (Wildman–Crippen MR) is 129 cm³/mol. The Labute approximate surface area is 184 Å². The van der Waals surface area contributed by atoms with Crippen LogP contribution in [0.15, 0.2) is 66.7 Å². The van der Waals surface area contributed by atoms with Gasteiger partial charge in [-0.3, -0.25) is 9.78 Å². The van der Waals surface area contributed by atoms with Gasteiger partial charge in [0.25, 0.3) is 0 Å². The van der Waals surface area contributed by atoms with Gasteiger partial charge in [0, 0.05) is 23.5 Å². The highest BCUT2D eigenvalue weighted by Crippen LogP contribution is 2.30. The van der Waals surface area contributed by atoms with Crippen LogP contribution < -0.4 is 10.6 Å². The number of fused-ring (bicyclic) bond motifs is 1. The number of para-hydroxylation sites is 1. The van der Waals surface area contributed by atoms with Crippen LogP contribution in [-0.2, 0) is 4.79 Å². The second-order valence-corrected chi connectivity index (χ2v) is 8.52. The molecule has 31 heavy (non-hydrogen) atoms. The highest BCUT2D eigenvalue weighted by molar-refractivity contribution is 6.01. The van der Waals surface area contributed by atoms with Gasteiger partial charge in [-0.05, 0) is 56.3 Å². The molecule has 1 fully saturated rings. The summed E-state index contributed by atoms with van der Waals surface area (Å²) in [5.74, 6) is 0.743. The van der Waals surface area contributed by atoms with Crippen LogP contribution in [0.3, 0.4) is 0 Å². The smallest absolute Gasteiger partial charge is 0.227 e. The minimum Gasteiger partial charge on any atom is -0.324 e. The lowest BCUT2D eigenvalue weighted by molar-refractivity contribution is -0.121. The summed E-state index contributed by atoms with van der Waals surface area (Å²) in [6.07, 6.45) is 8.51. The zero-order chi connectivity index (χ0) is 21.5. The average molecular weight is 414 g/mol. The summed E-state index contributed by atoms with van der Waals surface area (Å²) < 4.78 is 0. The van der Waals surface area contributed by atoms with Crippen molar-refractivity contribution in [2.45, 2.75) is 32.6 Å². The second-order valence-electron chi connectivity index (χ2n) is 8.52. The van der Waals surface area contributed by atoms with E-state index in [2.05, 4.69) is 58.1 Å². The van der Waals surface area contributed by atoms with Crippen LogP contribution in [0.25, 0.3) is 17.0 Å². The SMILES string of the molecule is Cc1ccc2cccc(NC(=O)C3CCCC(CNC/C=C/c4ccccc4)C3)c2n1. The summed E-state index contributed by atoms with van der Waals surface area (Å²) in [6, 6.07) is 20.4. The van der Waals surface area contributed by atoms with E-state index < -0.39 is 0 Å². The van der Waals surface area contributed by atoms with Gasteiger partial charge in [0.1, 0.15) is 0 Å². The number of carbonyl (C=O) groups is 1. The first-order valence-corrected chi connectivity index (χ1v) is 11.3. The van der Waals surface area contributed by atoms with Crippen LogP contribution in [0.1, 0.15) is 36.9 Å². The first-order valence-electron chi connectivity index (χ1n) is 11.3. The first kappa shape index (κ1) is 21.3. The van der Waals surface area contributed by atoms with Crippen molar-refractivity contribution >= 4 is 28.6 Å². The molecular formula is C27H31N3O. The fraction of sp³-hybridized carbons (Fsp3) is 0.333. The number of hydrogen-bond acceptors (Lipinski definition) is 3. The van der Waals surface area contributed by atoms with Gasteiger partial charge in [-0.15, -0.1) is 0 Å². The molecule has 2 N–H and O–H groups in total. The summed E-state index contributed by atoms with van der Waals surface area (Å²) in [5.41, 5.74) is 3.86.